The molecule has 0 spiro atoms. The van der Waals surface area contributed by atoms with Crippen LogP contribution in [0.1, 0.15) is 0 Å². The maximum absolute atomic E-state index is 13.6. The smallest absolute Gasteiger partial charge is 0.256 e. The highest BCUT2D eigenvalue weighted by molar-refractivity contribution is 7.89. The highest BCUT2D eigenvalue weighted by Gasteiger charge is 2.24. The van der Waals surface area contributed by atoms with Crippen LogP contribution >= 0.6 is 0 Å². The Bertz CT molecular complexity index is 556. The lowest BCUT2D eigenvalue weighted by molar-refractivity contribution is 0.134. The van der Waals surface area contributed by atoms with Crippen LogP contribution in [-0.2, 0) is 10.0 Å². The minimum atomic E-state index is -3.93. The summed E-state index contributed by atoms with van der Waals surface area (Å²) in [5.74, 6) is -0.809. The van der Waals surface area contributed by atoms with E-state index in [0.717, 1.165) is 25.2 Å². The van der Waals surface area contributed by atoms with Gasteiger partial charge in [-0.05, 0) is 25.2 Å². The fraction of sp³-hybridized carbons (Fsp3) is 0.455. The molecule has 0 bridgehead atoms. The van der Waals surface area contributed by atoms with Crippen molar-refractivity contribution in [3.8, 4) is 0 Å². The van der Waals surface area contributed by atoms with Crippen LogP contribution in [0.4, 0.5) is 10.1 Å². The average molecular weight is 288 g/mol. The molecule has 2 rings (SSSR count). The Labute approximate surface area is 112 Å². The molecule has 1 aromatic carbocycles. The zero-order chi connectivity index (χ0) is 14.0. The number of rotatable bonds is 3. The largest absolute Gasteiger partial charge is 0.399 e. The highest BCUT2D eigenvalue weighted by atomic mass is 32.2. The second kappa shape index (κ2) is 5.41. The molecule has 0 aliphatic carbocycles. The molecule has 6 nitrogen and oxygen atoms in total. The van der Waals surface area contributed by atoms with Crippen molar-refractivity contribution >= 4 is 15.7 Å². The van der Waals surface area contributed by atoms with E-state index in [0.29, 0.717) is 13.1 Å². The van der Waals surface area contributed by atoms with Gasteiger partial charge in [0, 0.05) is 31.9 Å². The van der Waals surface area contributed by atoms with Crippen LogP contribution in [0.3, 0.4) is 0 Å². The van der Waals surface area contributed by atoms with Gasteiger partial charge in [0.1, 0.15) is 10.7 Å². The highest BCUT2D eigenvalue weighted by Crippen LogP contribution is 2.17. The molecule has 0 radical (unpaired) electrons. The second-order valence-electron chi connectivity index (χ2n) is 4.57. The third kappa shape index (κ3) is 3.41. The fourth-order valence-corrected chi connectivity index (χ4v) is 3.08. The van der Waals surface area contributed by atoms with Gasteiger partial charge in [0.2, 0.25) is 0 Å². The predicted molar refractivity (Wildman–Crippen MR) is 70.2 cm³/mol. The number of hydrazine groups is 1. The number of piperazine rings is 1. The molecule has 106 valence electrons. The third-order valence-electron chi connectivity index (χ3n) is 3.00. The maximum atomic E-state index is 13.6. The van der Waals surface area contributed by atoms with Gasteiger partial charge in [-0.2, -0.15) is 0 Å². The summed E-state index contributed by atoms with van der Waals surface area (Å²) < 4.78 is 37.8. The van der Waals surface area contributed by atoms with Crippen molar-refractivity contribution in [3.05, 3.63) is 24.0 Å². The summed E-state index contributed by atoms with van der Waals surface area (Å²) in [5.41, 5.74) is 5.70. The number of hydrogen-bond acceptors (Lipinski definition) is 5. The monoisotopic (exact) mass is 288 g/mol. The number of halogens is 1. The van der Waals surface area contributed by atoms with E-state index in [4.69, 9.17) is 5.73 Å². The Morgan fingerprint density at radius 3 is 2.53 bits per heavy atom. The standard InChI is InChI=1S/C11H17FN4O2S/c1-15-4-6-16(7-5-15)14-19(17,18)11-8-9(13)2-3-10(11)12/h2-3,8,14H,4-7,13H2,1H3. The van der Waals surface area contributed by atoms with Crippen LogP contribution in [0.2, 0.25) is 0 Å². The molecular weight excluding hydrogens is 271 g/mol. The minimum Gasteiger partial charge on any atom is -0.399 e. The topological polar surface area (TPSA) is 78.7 Å². The van der Waals surface area contributed by atoms with E-state index < -0.39 is 20.7 Å². The van der Waals surface area contributed by atoms with Gasteiger partial charge >= 0.3 is 0 Å². The summed E-state index contributed by atoms with van der Waals surface area (Å²) in [5, 5.41) is 1.57. The van der Waals surface area contributed by atoms with E-state index in [1.807, 2.05) is 7.05 Å². The maximum Gasteiger partial charge on any atom is 0.256 e. The molecule has 3 N–H and O–H groups in total. The Morgan fingerprint density at radius 1 is 1.26 bits per heavy atom. The van der Waals surface area contributed by atoms with Crippen LogP contribution in [0.25, 0.3) is 0 Å². The van der Waals surface area contributed by atoms with Crippen molar-refractivity contribution in [2.45, 2.75) is 4.90 Å². The quantitative estimate of drug-likeness (QED) is 0.756. The van der Waals surface area contributed by atoms with E-state index >= 15 is 0 Å². The summed E-state index contributed by atoms with van der Waals surface area (Å²) >= 11 is 0. The lowest BCUT2D eigenvalue weighted by Crippen LogP contribution is -2.52. The van der Waals surface area contributed by atoms with Crippen molar-refractivity contribution in [2.24, 2.45) is 0 Å². The molecule has 1 heterocycles. The Balaban J connectivity index is 2.16. The Morgan fingerprint density at radius 2 is 1.89 bits per heavy atom. The first kappa shape index (κ1) is 14.2. The second-order valence-corrected chi connectivity index (χ2v) is 6.20. The number of nitrogens with one attached hydrogen (secondary N) is 1. The summed E-state index contributed by atoms with van der Waals surface area (Å²) in [6, 6.07) is 3.49. The van der Waals surface area contributed by atoms with Gasteiger partial charge in [0.15, 0.2) is 0 Å². The predicted octanol–water partition coefficient (Wildman–Crippen LogP) is -0.151. The molecule has 1 aliphatic rings. The SMILES string of the molecule is CN1CCN(NS(=O)(=O)c2cc(N)ccc2F)CC1. The van der Waals surface area contributed by atoms with E-state index in [2.05, 4.69) is 9.73 Å². The Hall–Kier alpha value is -1.22. The lowest BCUT2D eigenvalue weighted by atomic mass is 10.3. The lowest BCUT2D eigenvalue weighted by Gasteiger charge is -2.32. The molecule has 8 heteroatoms. The molecule has 1 aromatic rings. The van der Waals surface area contributed by atoms with Gasteiger partial charge < -0.3 is 10.6 Å². The van der Waals surface area contributed by atoms with Gasteiger partial charge in [-0.25, -0.2) is 17.8 Å². The van der Waals surface area contributed by atoms with E-state index in [1.54, 1.807) is 5.01 Å². The first-order valence-corrected chi connectivity index (χ1v) is 7.38. The number of hydrogen-bond donors (Lipinski definition) is 2. The van der Waals surface area contributed by atoms with Gasteiger partial charge in [-0.1, -0.05) is 0 Å². The van der Waals surface area contributed by atoms with Crippen LogP contribution in [0.15, 0.2) is 23.1 Å². The van der Waals surface area contributed by atoms with Crippen molar-refractivity contribution in [1.29, 1.82) is 0 Å². The number of nitrogen functional groups attached to an aromatic ring is 1. The van der Waals surface area contributed by atoms with Crippen molar-refractivity contribution in [1.82, 2.24) is 14.7 Å². The van der Waals surface area contributed by atoms with E-state index in [9.17, 15) is 12.8 Å². The molecule has 1 aliphatic heterocycles. The van der Waals surface area contributed by atoms with Crippen molar-refractivity contribution < 1.29 is 12.8 Å². The van der Waals surface area contributed by atoms with Crippen molar-refractivity contribution in [3.63, 3.8) is 0 Å². The first-order valence-electron chi connectivity index (χ1n) is 5.89. The molecule has 1 fully saturated rings. The molecule has 19 heavy (non-hydrogen) atoms. The number of anilines is 1. The number of nitrogens with two attached hydrogens (primary N) is 1. The molecule has 0 aromatic heterocycles. The molecule has 0 amide bonds. The Kier molecular flexibility index (Phi) is 4.04. The molecular formula is C11H17FN4O2S. The van der Waals surface area contributed by atoms with Crippen LogP contribution in [0.5, 0.6) is 0 Å². The first-order chi connectivity index (χ1) is 8.88. The van der Waals surface area contributed by atoms with E-state index in [-0.39, 0.29) is 5.69 Å². The molecule has 1 saturated heterocycles. The van der Waals surface area contributed by atoms with Crippen LogP contribution < -0.4 is 10.6 Å². The summed E-state index contributed by atoms with van der Waals surface area (Å²) in [6.07, 6.45) is 0. The van der Waals surface area contributed by atoms with Crippen LogP contribution in [0, 0.1) is 5.82 Å². The average Bonchev–Trinajstić information content (AvgIpc) is 2.35. The summed E-state index contributed by atoms with van der Waals surface area (Å²) in [4.78, 5) is 4.05. The van der Waals surface area contributed by atoms with E-state index in [1.165, 1.54) is 6.07 Å². The molecule has 0 atom stereocenters. The number of likely N-dealkylation sites (N-methyl/N-ethyl adjacent to an activating group) is 1. The molecule has 0 saturated carbocycles. The van der Waals surface area contributed by atoms with Gasteiger partial charge in [0.05, 0.1) is 0 Å². The minimum absolute atomic E-state index is 0.208. The van der Waals surface area contributed by atoms with Crippen molar-refractivity contribution in [2.75, 3.05) is 39.0 Å². The number of nitrogens with zero attached hydrogens (tertiary/aromatic N) is 2. The number of sulfonamides is 1. The van der Waals surface area contributed by atoms with Crippen LogP contribution in [-0.4, -0.2) is 51.6 Å². The number of benzene rings is 1. The normalized spacial score (nSPS) is 18.6. The van der Waals surface area contributed by atoms with Gasteiger partial charge in [-0.3, -0.25) is 0 Å². The van der Waals surface area contributed by atoms with Gasteiger partial charge in [0.25, 0.3) is 10.0 Å². The molecule has 0 unspecified atom stereocenters. The van der Waals surface area contributed by atoms with Gasteiger partial charge in [-0.15, -0.1) is 4.83 Å². The summed E-state index contributed by atoms with van der Waals surface area (Å²) in [6.45, 7) is 2.61. The zero-order valence-corrected chi connectivity index (χ0v) is 11.5. The summed E-state index contributed by atoms with van der Waals surface area (Å²) in [7, 11) is -1.97. The third-order valence-corrected chi connectivity index (χ3v) is 4.39. The fourth-order valence-electron chi connectivity index (χ4n) is 1.84. The zero-order valence-electron chi connectivity index (χ0n) is 10.6.